The molecule has 9 heteroatoms. The lowest BCUT2D eigenvalue weighted by molar-refractivity contribution is -0.138. The van der Waals surface area contributed by atoms with Gasteiger partial charge in [-0.05, 0) is 12.8 Å². The normalized spacial score (nSPS) is 12.1. The molecule has 0 saturated heterocycles. The van der Waals surface area contributed by atoms with Crippen molar-refractivity contribution in [3.63, 3.8) is 0 Å². The highest BCUT2D eigenvalue weighted by Gasteiger charge is 2.04. The SMILES string of the molecule is CCC(S)CC(=O)O.CCC(S)CC(=O)O.OCCOCCO. The Hall–Kier alpha value is -0.480. The molecule has 0 aromatic heterocycles. The summed E-state index contributed by atoms with van der Waals surface area (Å²) in [6.45, 7) is 4.53. The van der Waals surface area contributed by atoms with E-state index in [1.165, 1.54) is 0 Å². The summed E-state index contributed by atoms with van der Waals surface area (Å²) in [6.07, 6.45) is 1.96. The molecule has 2 unspecified atom stereocenters. The summed E-state index contributed by atoms with van der Waals surface area (Å²) in [6, 6.07) is 0. The fourth-order valence-corrected chi connectivity index (χ4v) is 1.24. The maximum atomic E-state index is 9.92. The van der Waals surface area contributed by atoms with Crippen LogP contribution in [-0.2, 0) is 14.3 Å². The molecule has 2 atom stereocenters. The minimum atomic E-state index is -0.771. The molecule has 0 aromatic carbocycles. The largest absolute Gasteiger partial charge is 0.481 e. The first kappa shape index (κ1) is 27.4. The van der Waals surface area contributed by atoms with Crippen molar-refractivity contribution in [2.75, 3.05) is 26.4 Å². The summed E-state index contributed by atoms with van der Waals surface area (Å²) in [5, 5.41) is 32.5. The monoisotopic (exact) mass is 374 g/mol. The second-order valence-electron chi connectivity index (χ2n) is 4.38. The van der Waals surface area contributed by atoms with Gasteiger partial charge < -0.3 is 25.2 Å². The molecule has 0 aliphatic heterocycles. The number of carbonyl (C=O) groups is 2. The van der Waals surface area contributed by atoms with E-state index >= 15 is 0 Å². The quantitative estimate of drug-likeness (QED) is 0.252. The van der Waals surface area contributed by atoms with E-state index in [9.17, 15) is 9.59 Å². The van der Waals surface area contributed by atoms with Crippen LogP contribution < -0.4 is 0 Å². The highest BCUT2D eigenvalue weighted by atomic mass is 32.1. The third kappa shape index (κ3) is 34.0. The van der Waals surface area contributed by atoms with Crippen LogP contribution >= 0.6 is 25.3 Å². The summed E-state index contributed by atoms with van der Waals surface area (Å²) >= 11 is 7.98. The Balaban J connectivity index is -0.000000262. The summed E-state index contributed by atoms with van der Waals surface area (Å²) in [5.74, 6) is -1.54. The number of rotatable bonds is 10. The van der Waals surface area contributed by atoms with Gasteiger partial charge in [-0.1, -0.05) is 13.8 Å². The van der Waals surface area contributed by atoms with Crippen molar-refractivity contribution in [1.29, 1.82) is 0 Å². The highest BCUT2D eigenvalue weighted by Crippen LogP contribution is 2.04. The molecule has 0 heterocycles. The van der Waals surface area contributed by atoms with Crippen molar-refractivity contribution in [3.8, 4) is 0 Å². The van der Waals surface area contributed by atoms with Crippen molar-refractivity contribution in [2.24, 2.45) is 0 Å². The van der Waals surface area contributed by atoms with Crippen molar-refractivity contribution in [2.45, 2.75) is 50.0 Å². The first-order valence-electron chi connectivity index (χ1n) is 7.34. The van der Waals surface area contributed by atoms with Gasteiger partial charge in [0.15, 0.2) is 0 Å². The van der Waals surface area contributed by atoms with Gasteiger partial charge in [-0.2, -0.15) is 25.3 Å². The molecule has 0 aliphatic rings. The Kier molecular flexibility index (Phi) is 25.6. The minimum absolute atomic E-state index is 0.0208. The molecule has 0 bridgehead atoms. The van der Waals surface area contributed by atoms with Crippen LogP contribution in [0.2, 0.25) is 0 Å². The Bertz CT molecular complexity index is 252. The van der Waals surface area contributed by atoms with Crippen LogP contribution in [-0.4, -0.2) is 69.3 Å². The average molecular weight is 375 g/mol. The second kappa shape index (κ2) is 21.5. The van der Waals surface area contributed by atoms with Crippen LogP contribution in [0.25, 0.3) is 0 Å². The van der Waals surface area contributed by atoms with Crippen molar-refractivity contribution < 1.29 is 34.8 Å². The van der Waals surface area contributed by atoms with E-state index in [2.05, 4.69) is 30.0 Å². The van der Waals surface area contributed by atoms with E-state index in [-0.39, 0.29) is 36.6 Å². The molecule has 0 aliphatic carbocycles. The molecule has 0 saturated carbocycles. The van der Waals surface area contributed by atoms with Crippen molar-refractivity contribution in [1.82, 2.24) is 0 Å². The summed E-state index contributed by atoms with van der Waals surface area (Å²) < 4.78 is 4.63. The number of aliphatic hydroxyl groups is 2. The van der Waals surface area contributed by atoms with Gasteiger partial charge in [0.25, 0.3) is 0 Å². The Morgan fingerprint density at radius 1 is 0.870 bits per heavy atom. The topological polar surface area (TPSA) is 124 Å². The van der Waals surface area contributed by atoms with E-state index in [0.717, 1.165) is 12.8 Å². The zero-order valence-corrected chi connectivity index (χ0v) is 15.5. The number of aliphatic hydroxyl groups excluding tert-OH is 2. The molecule has 4 N–H and O–H groups in total. The average Bonchev–Trinajstić information content (AvgIpc) is 2.47. The van der Waals surface area contributed by atoms with Crippen LogP contribution in [0, 0.1) is 0 Å². The zero-order chi connectivity index (χ0) is 18.7. The maximum absolute atomic E-state index is 9.92. The Morgan fingerprint density at radius 3 is 1.30 bits per heavy atom. The highest BCUT2D eigenvalue weighted by molar-refractivity contribution is 7.81. The summed E-state index contributed by atoms with van der Waals surface area (Å²) in [5.41, 5.74) is 0. The number of ether oxygens (including phenoxy) is 1. The fraction of sp³-hybridized carbons (Fsp3) is 0.857. The van der Waals surface area contributed by atoms with E-state index < -0.39 is 11.9 Å². The van der Waals surface area contributed by atoms with Crippen LogP contribution in [0.3, 0.4) is 0 Å². The standard InChI is InChI=1S/2C5H10O2S.C4H10O3/c2*1-2-4(8)3-5(6)7;5-1-3-7-4-2-6/h2*4,8H,2-3H2,1H3,(H,6,7);5-6H,1-4H2. The van der Waals surface area contributed by atoms with Gasteiger partial charge in [0.1, 0.15) is 0 Å². The number of aliphatic carboxylic acids is 2. The lowest BCUT2D eigenvalue weighted by Gasteiger charge is -1.99. The van der Waals surface area contributed by atoms with Crippen LogP contribution in [0.1, 0.15) is 39.5 Å². The van der Waals surface area contributed by atoms with E-state index in [1.807, 2.05) is 13.8 Å². The summed E-state index contributed by atoms with van der Waals surface area (Å²) in [7, 11) is 0. The van der Waals surface area contributed by atoms with Gasteiger partial charge in [-0.15, -0.1) is 0 Å². The van der Waals surface area contributed by atoms with Gasteiger partial charge in [-0.25, -0.2) is 0 Å². The van der Waals surface area contributed by atoms with Gasteiger partial charge in [0.2, 0.25) is 0 Å². The fourth-order valence-electron chi connectivity index (χ4n) is 0.923. The molecule has 140 valence electrons. The summed E-state index contributed by atoms with van der Waals surface area (Å²) in [4.78, 5) is 19.8. The predicted molar refractivity (Wildman–Crippen MR) is 95.6 cm³/mol. The lowest BCUT2D eigenvalue weighted by Crippen LogP contribution is -2.05. The van der Waals surface area contributed by atoms with Crippen LogP contribution in [0.15, 0.2) is 0 Å². The number of hydrogen-bond acceptors (Lipinski definition) is 7. The zero-order valence-electron chi connectivity index (χ0n) is 13.7. The maximum Gasteiger partial charge on any atom is 0.304 e. The van der Waals surface area contributed by atoms with E-state index in [4.69, 9.17) is 20.4 Å². The molecule has 0 amide bonds. The van der Waals surface area contributed by atoms with Crippen LogP contribution in [0.5, 0.6) is 0 Å². The Morgan fingerprint density at radius 2 is 1.17 bits per heavy atom. The Labute approximate surface area is 148 Å². The number of hydrogen-bond donors (Lipinski definition) is 6. The predicted octanol–water partition coefficient (Wildman–Crippen LogP) is 1.33. The molecule has 0 spiro atoms. The lowest BCUT2D eigenvalue weighted by atomic mass is 10.2. The van der Waals surface area contributed by atoms with Gasteiger partial charge in [-0.3, -0.25) is 9.59 Å². The second-order valence-corrected chi connectivity index (χ2v) is 5.84. The molecule has 0 fully saturated rings. The van der Waals surface area contributed by atoms with Gasteiger partial charge in [0.05, 0.1) is 39.3 Å². The number of carboxylic acids is 2. The van der Waals surface area contributed by atoms with E-state index in [1.54, 1.807) is 0 Å². The molecule has 0 rings (SSSR count). The first-order valence-corrected chi connectivity index (χ1v) is 8.37. The minimum Gasteiger partial charge on any atom is -0.481 e. The van der Waals surface area contributed by atoms with E-state index in [0.29, 0.717) is 13.2 Å². The molecular formula is C14H30O7S2. The van der Waals surface area contributed by atoms with Gasteiger partial charge >= 0.3 is 11.9 Å². The number of carboxylic acid groups (broad SMARTS) is 2. The van der Waals surface area contributed by atoms with Crippen LogP contribution in [0.4, 0.5) is 0 Å². The molecule has 0 aromatic rings. The third-order valence-electron chi connectivity index (χ3n) is 2.23. The smallest absolute Gasteiger partial charge is 0.304 e. The van der Waals surface area contributed by atoms with Gasteiger partial charge in [0, 0.05) is 10.5 Å². The molecule has 7 nitrogen and oxygen atoms in total. The van der Waals surface area contributed by atoms with Crippen molar-refractivity contribution in [3.05, 3.63) is 0 Å². The van der Waals surface area contributed by atoms with Crippen molar-refractivity contribution >= 4 is 37.2 Å². The number of thiol groups is 2. The third-order valence-corrected chi connectivity index (χ3v) is 3.33. The molecule has 0 radical (unpaired) electrons. The molecule has 23 heavy (non-hydrogen) atoms. The molecular weight excluding hydrogens is 344 g/mol. The first-order chi connectivity index (χ1) is 10.7.